The number of carbonyl (C=O) groups excluding carboxylic acids is 3. The zero-order chi connectivity index (χ0) is 15.8. The van der Waals surface area contributed by atoms with Crippen LogP contribution >= 0.6 is 11.6 Å². The third-order valence-electron chi connectivity index (χ3n) is 3.66. The monoisotopic (exact) mass is 307 g/mol. The van der Waals surface area contributed by atoms with Gasteiger partial charge in [0, 0.05) is 23.6 Å². The van der Waals surface area contributed by atoms with Crippen LogP contribution in [0.2, 0.25) is 5.02 Å². The molecule has 1 N–H and O–H groups in total. The van der Waals surface area contributed by atoms with Crippen molar-refractivity contribution in [1.82, 2.24) is 0 Å². The van der Waals surface area contributed by atoms with Crippen molar-refractivity contribution in [3.63, 3.8) is 0 Å². The van der Waals surface area contributed by atoms with Gasteiger partial charge in [0.15, 0.2) is 17.5 Å². The van der Waals surface area contributed by atoms with Crippen LogP contribution in [0.25, 0.3) is 0 Å². The summed E-state index contributed by atoms with van der Waals surface area (Å²) in [5.41, 5.74) is 0.989. The second kappa shape index (κ2) is 5.60. The molecule has 1 aliphatic carbocycles. The highest BCUT2D eigenvalue weighted by molar-refractivity contribution is 6.30. The maximum absolute atomic E-state index is 12.3. The highest BCUT2D eigenvalue weighted by atomic mass is 35.5. The van der Waals surface area contributed by atoms with Gasteiger partial charge in [-0.3, -0.25) is 14.4 Å². The SMILES string of the molecule is Cc1cc(Cl)ccc1NC(=O)C1C(=O)CC(C)(C)CC1=O. The summed E-state index contributed by atoms with van der Waals surface area (Å²) in [6, 6.07) is 5.03. The van der Waals surface area contributed by atoms with E-state index in [-0.39, 0.29) is 29.8 Å². The number of benzene rings is 1. The number of Topliss-reactive ketones (excluding diaryl/α,β-unsaturated/α-hetero) is 2. The van der Waals surface area contributed by atoms with Crippen LogP contribution in [0.3, 0.4) is 0 Å². The minimum Gasteiger partial charge on any atom is -0.325 e. The van der Waals surface area contributed by atoms with Gasteiger partial charge in [0.1, 0.15) is 0 Å². The lowest BCUT2D eigenvalue weighted by Gasteiger charge is -2.31. The summed E-state index contributed by atoms with van der Waals surface area (Å²) in [5, 5.41) is 3.22. The van der Waals surface area contributed by atoms with Gasteiger partial charge in [0.25, 0.3) is 0 Å². The first-order valence-electron chi connectivity index (χ1n) is 6.82. The quantitative estimate of drug-likeness (QED) is 0.854. The second-order valence-corrected chi connectivity index (χ2v) is 6.77. The number of hydrogen-bond acceptors (Lipinski definition) is 3. The topological polar surface area (TPSA) is 63.2 Å². The van der Waals surface area contributed by atoms with Crippen LogP contribution < -0.4 is 5.32 Å². The van der Waals surface area contributed by atoms with Crippen molar-refractivity contribution in [3.8, 4) is 0 Å². The van der Waals surface area contributed by atoms with Crippen molar-refractivity contribution in [1.29, 1.82) is 0 Å². The molecule has 0 aliphatic heterocycles. The summed E-state index contributed by atoms with van der Waals surface area (Å²) in [7, 11) is 0. The van der Waals surface area contributed by atoms with Crippen molar-refractivity contribution < 1.29 is 14.4 Å². The van der Waals surface area contributed by atoms with Crippen LogP contribution in [0.5, 0.6) is 0 Å². The molecule has 0 atom stereocenters. The third kappa shape index (κ3) is 3.50. The molecular formula is C16H18ClNO3. The molecule has 0 unspecified atom stereocenters. The number of amides is 1. The molecule has 1 amide bonds. The predicted octanol–water partition coefficient (Wildman–Crippen LogP) is 3.16. The molecule has 0 saturated heterocycles. The van der Waals surface area contributed by atoms with E-state index in [1.165, 1.54) is 0 Å². The fourth-order valence-electron chi connectivity index (χ4n) is 2.65. The fourth-order valence-corrected chi connectivity index (χ4v) is 2.88. The smallest absolute Gasteiger partial charge is 0.242 e. The van der Waals surface area contributed by atoms with E-state index >= 15 is 0 Å². The normalized spacial score (nSPS) is 18.7. The minimum atomic E-state index is -1.19. The van der Waals surface area contributed by atoms with Crippen molar-refractivity contribution >= 4 is 34.8 Å². The number of hydrogen-bond donors (Lipinski definition) is 1. The Labute approximate surface area is 128 Å². The first kappa shape index (κ1) is 15.7. The number of halogens is 1. The van der Waals surface area contributed by atoms with E-state index in [0.29, 0.717) is 10.7 Å². The summed E-state index contributed by atoms with van der Waals surface area (Å²) in [6.45, 7) is 5.52. The van der Waals surface area contributed by atoms with Gasteiger partial charge in [-0.15, -0.1) is 0 Å². The van der Waals surface area contributed by atoms with Crippen LogP contribution in [0.15, 0.2) is 18.2 Å². The number of carbonyl (C=O) groups is 3. The van der Waals surface area contributed by atoms with Crippen LogP contribution in [0.4, 0.5) is 5.69 Å². The van der Waals surface area contributed by atoms with Crippen molar-refractivity contribution in [2.75, 3.05) is 5.32 Å². The van der Waals surface area contributed by atoms with E-state index in [4.69, 9.17) is 11.6 Å². The average molecular weight is 308 g/mol. The second-order valence-electron chi connectivity index (χ2n) is 6.33. The number of anilines is 1. The molecule has 1 aromatic rings. The lowest BCUT2D eigenvalue weighted by molar-refractivity contribution is -0.144. The van der Waals surface area contributed by atoms with Gasteiger partial charge in [-0.05, 0) is 36.1 Å². The van der Waals surface area contributed by atoms with E-state index < -0.39 is 11.8 Å². The Hall–Kier alpha value is -1.68. The molecule has 2 rings (SSSR count). The van der Waals surface area contributed by atoms with Gasteiger partial charge in [0.2, 0.25) is 5.91 Å². The molecule has 0 heterocycles. The number of aryl methyl sites for hydroxylation is 1. The summed E-state index contributed by atoms with van der Waals surface area (Å²) in [6.07, 6.45) is 0.493. The molecule has 1 fully saturated rings. The lowest BCUT2D eigenvalue weighted by Crippen LogP contribution is -2.44. The number of rotatable bonds is 2. The molecule has 1 aromatic carbocycles. The van der Waals surface area contributed by atoms with Gasteiger partial charge in [0.05, 0.1) is 0 Å². The number of nitrogens with one attached hydrogen (secondary N) is 1. The Balaban J connectivity index is 2.17. The summed E-state index contributed by atoms with van der Waals surface area (Å²) in [5.74, 6) is -2.35. The Morgan fingerprint density at radius 2 is 1.81 bits per heavy atom. The van der Waals surface area contributed by atoms with E-state index in [0.717, 1.165) is 5.56 Å². The molecule has 0 bridgehead atoms. The van der Waals surface area contributed by atoms with Gasteiger partial charge < -0.3 is 5.32 Å². The van der Waals surface area contributed by atoms with Crippen molar-refractivity contribution in [3.05, 3.63) is 28.8 Å². The maximum atomic E-state index is 12.3. The fraction of sp³-hybridized carbons (Fsp3) is 0.438. The Morgan fingerprint density at radius 1 is 1.24 bits per heavy atom. The molecule has 0 spiro atoms. The molecular weight excluding hydrogens is 290 g/mol. The summed E-state index contributed by atoms with van der Waals surface area (Å²) < 4.78 is 0. The molecule has 21 heavy (non-hydrogen) atoms. The molecule has 0 aromatic heterocycles. The zero-order valence-corrected chi connectivity index (χ0v) is 13.1. The third-order valence-corrected chi connectivity index (χ3v) is 3.89. The molecule has 0 radical (unpaired) electrons. The number of ketones is 2. The zero-order valence-electron chi connectivity index (χ0n) is 12.3. The first-order valence-corrected chi connectivity index (χ1v) is 7.20. The van der Waals surface area contributed by atoms with Crippen LogP contribution in [0.1, 0.15) is 32.3 Å². The van der Waals surface area contributed by atoms with Crippen LogP contribution in [0, 0.1) is 18.3 Å². The first-order chi connectivity index (χ1) is 9.69. The standard InChI is InChI=1S/C16H18ClNO3/c1-9-6-10(17)4-5-11(9)18-15(21)14-12(19)7-16(2,3)8-13(14)20/h4-6,14H,7-8H2,1-3H3,(H,18,21). The van der Waals surface area contributed by atoms with E-state index in [1.807, 2.05) is 13.8 Å². The highest BCUT2D eigenvalue weighted by Gasteiger charge is 2.43. The predicted molar refractivity (Wildman–Crippen MR) is 81.3 cm³/mol. The minimum absolute atomic E-state index is 0.246. The van der Waals surface area contributed by atoms with Gasteiger partial charge in [-0.25, -0.2) is 0 Å². The van der Waals surface area contributed by atoms with E-state index in [9.17, 15) is 14.4 Å². The molecule has 112 valence electrons. The Kier molecular flexibility index (Phi) is 4.19. The maximum Gasteiger partial charge on any atom is 0.242 e. The Morgan fingerprint density at radius 3 is 2.33 bits per heavy atom. The lowest BCUT2D eigenvalue weighted by atomic mass is 9.71. The average Bonchev–Trinajstić information content (AvgIpc) is 2.30. The van der Waals surface area contributed by atoms with Crippen molar-refractivity contribution in [2.24, 2.45) is 11.3 Å². The van der Waals surface area contributed by atoms with Gasteiger partial charge in [-0.1, -0.05) is 25.4 Å². The van der Waals surface area contributed by atoms with Gasteiger partial charge in [-0.2, -0.15) is 0 Å². The molecule has 1 saturated carbocycles. The van der Waals surface area contributed by atoms with Gasteiger partial charge >= 0.3 is 0 Å². The van der Waals surface area contributed by atoms with Crippen LogP contribution in [-0.4, -0.2) is 17.5 Å². The summed E-state index contributed by atoms with van der Waals surface area (Å²) >= 11 is 5.86. The summed E-state index contributed by atoms with van der Waals surface area (Å²) in [4.78, 5) is 36.4. The van der Waals surface area contributed by atoms with Crippen LogP contribution in [-0.2, 0) is 14.4 Å². The molecule has 5 heteroatoms. The van der Waals surface area contributed by atoms with E-state index in [1.54, 1.807) is 25.1 Å². The Bertz CT molecular complexity index is 602. The largest absolute Gasteiger partial charge is 0.325 e. The molecule has 4 nitrogen and oxygen atoms in total. The van der Waals surface area contributed by atoms with Crippen molar-refractivity contribution in [2.45, 2.75) is 33.6 Å². The highest BCUT2D eigenvalue weighted by Crippen LogP contribution is 2.34. The van der Waals surface area contributed by atoms with E-state index in [2.05, 4.69) is 5.32 Å². The molecule has 1 aliphatic rings.